The van der Waals surface area contributed by atoms with E-state index in [-0.39, 0.29) is 11.5 Å². The Morgan fingerprint density at radius 2 is 1.62 bits per heavy atom. The van der Waals surface area contributed by atoms with Crippen molar-refractivity contribution in [2.75, 3.05) is 10.2 Å². The molecule has 32 heavy (non-hydrogen) atoms. The number of hydrogen-bond acceptors (Lipinski definition) is 4. The minimum absolute atomic E-state index is 0.136. The normalized spacial score (nSPS) is 17.1. The summed E-state index contributed by atoms with van der Waals surface area (Å²) in [5.74, 6) is -0.782. The van der Waals surface area contributed by atoms with Gasteiger partial charge in [-0.15, -0.1) is 0 Å². The summed E-state index contributed by atoms with van der Waals surface area (Å²) in [6.07, 6.45) is 0.488. The number of amides is 2. The van der Waals surface area contributed by atoms with Crippen LogP contribution in [-0.2, 0) is 16.0 Å². The van der Waals surface area contributed by atoms with Crippen molar-refractivity contribution < 1.29 is 9.59 Å². The third kappa shape index (κ3) is 4.54. The Bertz CT molecular complexity index is 1220. The molecule has 0 saturated carbocycles. The van der Waals surface area contributed by atoms with Gasteiger partial charge in [0.15, 0.2) is 0 Å². The van der Waals surface area contributed by atoms with Crippen LogP contribution in [0.15, 0.2) is 95.5 Å². The van der Waals surface area contributed by atoms with E-state index >= 15 is 0 Å². The Morgan fingerprint density at radius 1 is 1.00 bits per heavy atom. The first-order valence-electron chi connectivity index (χ1n) is 9.88. The molecule has 0 spiro atoms. The fourth-order valence-corrected chi connectivity index (χ4v) is 4.87. The molecular weight excluding hydrogens is 442 g/mol. The van der Waals surface area contributed by atoms with Crippen molar-refractivity contribution in [3.05, 3.63) is 106 Å². The molecule has 1 N–H and O–H groups in total. The summed E-state index contributed by atoms with van der Waals surface area (Å²) < 4.78 is 0. The Kier molecular flexibility index (Phi) is 6.60. The average Bonchev–Trinajstić information content (AvgIpc) is 3.12. The van der Waals surface area contributed by atoms with Gasteiger partial charge in [0.05, 0.1) is 16.0 Å². The Hall–Kier alpha value is -3.53. The zero-order valence-corrected chi connectivity index (χ0v) is 18.4. The van der Waals surface area contributed by atoms with Gasteiger partial charge >= 0.3 is 0 Å². The summed E-state index contributed by atoms with van der Waals surface area (Å²) in [6.45, 7) is 0. The minimum atomic E-state index is -0.614. The molecule has 0 aromatic heterocycles. The first-order valence-corrected chi connectivity index (χ1v) is 11.1. The lowest BCUT2D eigenvalue weighted by Gasteiger charge is -2.18. The molecule has 0 radical (unpaired) electrons. The van der Waals surface area contributed by atoms with E-state index in [1.807, 2.05) is 54.6 Å². The second-order valence-corrected chi connectivity index (χ2v) is 8.63. The SMILES string of the molecule is N#C/C(C(=O)Nc1ccccc1Cl)=C1/SC(Cc2ccccc2)C(=O)N1c1ccccc1. The van der Waals surface area contributed by atoms with E-state index in [1.165, 1.54) is 16.7 Å². The molecule has 158 valence electrons. The molecule has 1 fully saturated rings. The topological polar surface area (TPSA) is 73.2 Å². The molecule has 1 atom stereocenters. The Morgan fingerprint density at radius 3 is 2.28 bits per heavy atom. The maximum absolute atomic E-state index is 13.4. The predicted molar refractivity (Wildman–Crippen MR) is 128 cm³/mol. The average molecular weight is 460 g/mol. The quantitative estimate of drug-likeness (QED) is 0.409. The lowest BCUT2D eigenvalue weighted by Crippen LogP contribution is -2.30. The molecule has 0 aliphatic carbocycles. The van der Waals surface area contributed by atoms with Crippen LogP contribution < -0.4 is 10.2 Å². The zero-order chi connectivity index (χ0) is 22.5. The summed E-state index contributed by atoms with van der Waals surface area (Å²) in [6, 6.07) is 27.5. The molecule has 2 amide bonds. The number of hydrogen-bond donors (Lipinski definition) is 1. The van der Waals surface area contributed by atoms with Gasteiger partial charge in [0.2, 0.25) is 5.91 Å². The molecule has 1 heterocycles. The summed E-state index contributed by atoms with van der Waals surface area (Å²) in [5.41, 5.74) is 1.87. The maximum Gasteiger partial charge on any atom is 0.269 e. The van der Waals surface area contributed by atoms with Crippen molar-refractivity contribution in [2.24, 2.45) is 0 Å². The highest BCUT2D eigenvalue weighted by molar-refractivity contribution is 8.05. The second kappa shape index (κ2) is 9.73. The molecule has 0 bridgehead atoms. The number of benzene rings is 3. The first kappa shape index (κ1) is 21.7. The van der Waals surface area contributed by atoms with Crippen LogP contribution in [0.25, 0.3) is 0 Å². The van der Waals surface area contributed by atoms with E-state index < -0.39 is 11.2 Å². The van der Waals surface area contributed by atoms with Gasteiger partial charge in [-0.2, -0.15) is 5.26 Å². The molecule has 3 aromatic rings. The van der Waals surface area contributed by atoms with E-state index in [1.54, 1.807) is 36.4 Å². The van der Waals surface area contributed by atoms with Gasteiger partial charge in [-0.1, -0.05) is 84.0 Å². The largest absolute Gasteiger partial charge is 0.320 e. The van der Waals surface area contributed by atoms with E-state index in [4.69, 9.17) is 11.6 Å². The smallest absolute Gasteiger partial charge is 0.269 e. The molecule has 1 aliphatic heterocycles. The van der Waals surface area contributed by atoms with Gasteiger partial charge in [0.1, 0.15) is 16.7 Å². The van der Waals surface area contributed by atoms with Crippen molar-refractivity contribution in [1.29, 1.82) is 5.26 Å². The van der Waals surface area contributed by atoms with Gasteiger partial charge in [0.25, 0.3) is 5.91 Å². The van der Waals surface area contributed by atoms with E-state index in [9.17, 15) is 14.9 Å². The highest BCUT2D eigenvalue weighted by Gasteiger charge is 2.40. The van der Waals surface area contributed by atoms with Crippen molar-refractivity contribution in [3.63, 3.8) is 0 Å². The summed E-state index contributed by atoms with van der Waals surface area (Å²) >= 11 is 7.39. The minimum Gasteiger partial charge on any atom is -0.320 e. The predicted octanol–water partition coefficient (Wildman–Crippen LogP) is 5.40. The molecule has 3 aromatic carbocycles. The number of halogens is 1. The number of nitriles is 1. The number of carbonyl (C=O) groups is 2. The molecule has 4 rings (SSSR count). The summed E-state index contributed by atoms with van der Waals surface area (Å²) in [5, 5.41) is 12.8. The molecule has 5 nitrogen and oxygen atoms in total. The number of nitrogens with zero attached hydrogens (tertiary/aromatic N) is 2. The van der Waals surface area contributed by atoms with Crippen LogP contribution in [-0.4, -0.2) is 17.1 Å². The number of carbonyl (C=O) groups excluding carboxylic acids is 2. The highest BCUT2D eigenvalue weighted by atomic mass is 35.5. The third-order valence-electron chi connectivity index (χ3n) is 4.91. The van der Waals surface area contributed by atoms with Gasteiger partial charge in [-0.25, -0.2) is 0 Å². The van der Waals surface area contributed by atoms with Crippen molar-refractivity contribution in [1.82, 2.24) is 0 Å². The van der Waals surface area contributed by atoms with Gasteiger partial charge < -0.3 is 5.32 Å². The van der Waals surface area contributed by atoms with Crippen LogP contribution in [0, 0.1) is 11.3 Å². The summed E-state index contributed by atoms with van der Waals surface area (Å²) in [7, 11) is 0. The number of rotatable bonds is 5. The number of anilines is 2. The van der Waals surface area contributed by atoms with Crippen LogP contribution in [0.5, 0.6) is 0 Å². The molecular formula is C25H18ClN3O2S. The van der Waals surface area contributed by atoms with Gasteiger partial charge in [-0.3, -0.25) is 14.5 Å². The maximum atomic E-state index is 13.4. The van der Waals surface area contributed by atoms with Crippen LogP contribution in [0.1, 0.15) is 5.56 Å². The molecule has 1 saturated heterocycles. The Labute approximate surface area is 195 Å². The van der Waals surface area contributed by atoms with E-state index in [0.29, 0.717) is 27.8 Å². The standard InChI is InChI=1S/C25H18ClN3O2S/c26-20-13-7-8-14-21(20)28-23(30)19(16-27)25-29(18-11-5-2-6-12-18)24(31)22(32-25)15-17-9-3-1-4-10-17/h1-14,22H,15H2,(H,28,30)/b25-19-. The highest BCUT2D eigenvalue weighted by Crippen LogP contribution is 2.42. The molecule has 1 unspecified atom stereocenters. The third-order valence-corrected chi connectivity index (χ3v) is 6.50. The molecule has 1 aliphatic rings. The van der Waals surface area contributed by atoms with Crippen molar-refractivity contribution in [2.45, 2.75) is 11.7 Å². The van der Waals surface area contributed by atoms with Crippen LogP contribution >= 0.6 is 23.4 Å². The van der Waals surface area contributed by atoms with Crippen LogP contribution in [0.2, 0.25) is 5.02 Å². The zero-order valence-electron chi connectivity index (χ0n) is 16.9. The van der Waals surface area contributed by atoms with Gasteiger partial charge in [0, 0.05) is 5.69 Å². The lowest BCUT2D eigenvalue weighted by atomic mass is 10.1. The monoisotopic (exact) mass is 459 g/mol. The fraction of sp³-hybridized carbons (Fsp3) is 0.0800. The van der Waals surface area contributed by atoms with Crippen molar-refractivity contribution >= 4 is 46.6 Å². The van der Waals surface area contributed by atoms with E-state index in [2.05, 4.69) is 5.32 Å². The van der Waals surface area contributed by atoms with Crippen molar-refractivity contribution in [3.8, 4) is 6.07 Å². The first-order chi connectivity index (χ1) is 15.6. The van der Waals surface area contributed by atoms with Crippen LogP contribution in [0.3, 0.4) is 0 Å². The van der Waals surface area contributed by atoms with Crippen LogP contribution in [0.4, 0.5) is 11.4 Å². The summed E-state index contributed by atoms with van der Waals surface area (Å²) in [4.78, 5) is 27.9. The molecule has 7 heteroatoms. The van der Waals surface area contributed by atoms with Gasteiger partial charge in [-0.05, 0) is 36.2 Å². The number of para-hydroxylation sites is 2. The lowest BCUT2D eigenvalue weighted by molar-refractivity contribution is -0.117. The second-order valence-electron chi connectivity index (χ2n) is 7.03. The Balaban J connectivity index is 1.72. The fourth-order valence-electron chi connectivity index (χ4n) is 3.37. The number of thioether (sulfide) groups is 1. The number of nitrogens with one attached hydrogen (secondary N) is 1. The van der Waals surface area contributed by atoms with E-state index in [0.717, 1.165) is 5.56 Å².